The summed E-state index contributed by atoms with van der Waals surface area (Å²) in [6, 6.07) is 0.159. The molecule has 3 heteroatoms. The van der Waals surface area contributed by atoms with Gasteiger partial charge in [-0.05, 0) is 44.4 Å². The second-order valence-electron chi connectivity index (χ2n) is 6.05. The lowest BCUT2D eigenvalue weighted by Gasteiger charge is -2.37. The van der Waals surface area contributed by atoms with Crippen LogP contribution in [0.3, 0.4) is 0 Å². The van der Waals surface area contributed by atoms with Crippen LogP contribution in [0, 0.1) is 5.92 Å². The van der Waals surface area contributed by atoms with E-state index < -0.39 is 0 Å². The van der Waals surface area contributed by atoms with Crippen molar-refractivity contribution in [1.29, 1.82) is 0 Å². The van der Waals surface area contributed by atoms with Crippen LogP contribution in [0.5, 0.6) is 0 Å². The number of carbonyl (C=O) groups excluding carboxylic acids is 1. The second kappa shape index (κ2) is 7.78. The fraction of sp³-hybridized carbons (Fsp3) is 0.933. The van der Waals surface area contributed by atoms with E-state index in [2.05, 4.69) is 25.7 Å². The van der Waals surface area contributed by atoms with Gasteiger partial charge in [0.15, 0.2) is 0 Å². The van der Waals surface area contributed by atoms with E-state index in [1.54, 1.807) is 0 Å². The Morgan fingerprint density at radius 3 is 2.67 bits per heavy atom. The van der Waals surface area contributed by atoms with Crippen LogP contribution in [0.15, 0.2) is 0 Å². The van der Waals surface area contributed by atoms with E-state index in [1.807, 2.05) is 0 Å². The molecule has 1 saturated heterocycles. The zero-order valence-corrected chi connectivity index (χ0v) is 12.3. The predicted molar refractivity (Wildman–Crippen MR) is 76.3 cm³/mol. The Bertz CT molecular complexity index is 253. The van der Waals surface area contributed by atoms with Crippen molar-refractivity contribution in [2.75, 3.05) is 6.54 Å². The lowest BCUT2D eigenvalue weighted by molar-refractivity contribution is -0.136. The third-order valence-electron chi connectivity index (χ3n) is 3.90. The van der Waals surface area contributed by atoms with E-state index in [4.69, 9.17) is 5.73 Å². The van der Waals surface area contributed by atoms with Crippen molar-refractivity contribution >= 4 is 5.91 Å². The maximum Gasteiger partial charge on any atom is 0.239 e. The van der Waals surface area contributed by atoms with Gasteiger partial charge in [0.1, 0.15) is 0 Å². The van der Waals surface area contributed by atoms with Gasteiger partial charge in [0.05, 0.1) is 6.04 Å². The number of hydrogen-bond acceptors (Lipinski definition) is 2. The van der Waals surface area contributed by atoms with E-state index in [0.717, 1.165) is 38.6 Å². The maximum atomic E-state index is 12.3. The quantitative estimate of drug-likeness (QED) is 0.792. The fourth-order valence-electron chi connectivity index (χ4n) is 2.76. The second-order valence-corrected chi connectivity index (χ2v) is 6.05. The topological polar surface area (TPSA) is 46.3 Å². The summed E-state index contributed by atoms with van der Waals surface area (Å²) >= 11 is 0. The molecule has 0 saturated carbocycles. The minimum atomic E-state index is -0.283. The molecule has 0 aromatic carbocycles. The van der Waals surface area contributed by atoms with Crippen molar-refractivity contribution in [3.8, 4) is 0 Å². The Labute approximate surface area is 112 Å². The standard InChI is InChI=1S/C15H30N2O/c1-4-7-14(16)15(18)17-11-6-5-8-13(17)10-9-12(2)3/h12-14H,4-11,16H2,1-3H3. The predicted octanol–water partition coefficient (Wildman–Crippen LogP) is 2.93. The molecule has 1 aliphatic rings. The highest BCUT2D eigenvalue weighted by Crippen LogP contribution is 2.23. The van der Waals surface area contributed by atoms with Crippen molar-refractivity contribution in [2.24, 2.45) is 11.7 Å². The first-order chi connectivity index (χ1) is 8.56. The Morgan fingerprint density at radius 1 is 1.33 bits per heavy atom. The molecule has 1 heterocycles. The van der Waals surface area contributed by atoms with Crippen molar-refractivity contribution in [3.05, 3.63) is 0 Å². The number of piperidine rings is 1. The van der Waals surface area contributed by atoms with Gasteiger partial charge in [0.2, 0.25) is 5.91 Å². The summed E-state index contributed by atoms with van der Waals surface area (Å²) < 4.78 is 0. The average molecular weight is 254 g/mol. The highest BCUT2D eigenvalue weighted by Gasteiger charge is 2.29. The largest absolute Gasteiger partial charge is 0.338 e. The fourth-order valence-corrected chi connectivity index (χ4v) is 2.76. The van der Waals surface area contributed by atoms with Gasteiger partial charge in [-0.15, -0.1) is 0 Å². The summed E-state index contributed by atoms with van der Waals surface area (Å²) in [5.41, 5.74) is 5.99. The van der Waals surface area contributed by atoms with Gasteiger partial charge in [0.25, 0.3) is 0 Å². The first-order valence-corrected chi connectivity index (χ1v) is 7.62. The minimum absolute atomic E-state index is 0.185. The summed E-state index contributed by atoms with van der Waals surface area (Å²) in [7, 11) is 0. The van der Waals surface area contributed by atoms with Crippen LogP contribution in [0.1, 0.15) is 65.7 Å². The zero-order valence-electron chi connectivity index (χ0n) is 12.3. The van der Waals surface area contributed by atoms with E-state index in [-0.39, 0.29) is 11.9 Å². The monoisotopic (exact) mass is 254 g/mol. The number of amides is 1. The normalized spacial score (nSPS) is 22.3. The summed E-state index contributed by atoms with van der Waals surface area (Å²) in [6.45, 7) is 7.49. The van der Waals surface area contributed by atoms with Crippen molar-refractivity contribution in [1.82, 2.24) is 4.90 Å². The van der Waals surface area contributed by atoms with Gasteiger partial charge in [-0.2, -0.15) is 0 Å². The van der Waals surface area contributed by atoms with Gasteiger partial charge in [-0.1, -0.05) is 27.2 Å². The molecule has 1 rings (SSSR count). The molecule has 0 bridgehead atoms. The molecule has 1 aliphatic heterocycles. The number of nitrogens with two attached hydrogens (primary N) is 1. The van der Waals surface area contributed by atoms with Crippen LogP contribution in [0.25, 0.3) is 0 Å². The molecule has 2 atom stereocenters. The van der Waals surface area contributed by atoms with Crippen LogP contribution in [-0.4, -0.2) is 29.4 Å². The maximum absolute atomic E-state index is 12.3. The first kappa shape index (κ1) is 15.5. The highest BCUT2D eigenvalue weighted by molar-refractivity contribution is 5.82. The van der Waals surface area contributed by atoms with Crippen LogP contribution < -0.4 is 5.73 Å². The van der Waals surface area contributed by atoms with Gasteiger partial charge < -0.3 is 10.6 Å². The lowest BCUT2D eigenvalue weighted by Crippen LogP contribution is -2.50. The van der Waals surface area contributed by atoms with E-state index in [9.17, 15) is 4.79 Å². The van der Waals surface area contributed by atoms with Crippen molar-refractivity contribution in [3.63, 3.8) is 0 Å². The van der Waals surface area contributed by atoms with Crippen LogP contribution in [0.2, 0.25) is 0 Å². The SMILES string of the molecule is CCCC(N)C(=O)N1CCCCC1CCC(C)C. The molecule has 106 valence electrons. The zero-order chi connectivity index (χ0) is 13.5. The van der Waals surface area contributed by atoms with Gasteiger partial charge in [-0.3, -0.25) is 4.79 Å². The molecule has 3 nitrogen and oxygen atoms in total. The van der Waals surface area contributed by atoms with Crippen molar-refractivity contribution < 1.29 is 4.79 Å². The van der Waals surface area contributed by atoms with Crippen LogP contribution >= 0.6 is 0 Å². The third kappa shape index (κ3) is 4.60. The van der Waals surface area contributed by atoms with Gasteiger partial charge >= 0.3 is 0 Å². The summed E-state index contributed by atoms with van der Waals surface area (Å²) in [6.07, 6.45) is 7.71. The molecule has 18 heavy (non-hydrogen) atoms. The highest BCUT2D eigenvalue weighted by atomic mass is 16.2. The van der Waals surface area contributed by atoms with Crippen molar-refractivity contribution in [2.45, 2.75) is 77.8 Å². The summed E-state index contributed by atoms with van der Waals surface area (Å²) in [5, 5.41) is 0. The van der Waals surface area contributed by atoms with E-state index in [1.165, 1.54) is 12.8 Å². The molecule has 0 spiro atoms. The van der Waals surface area contributed by atoms with Gasteiger partial charge in [-0.25, -0.2) is 0 Å². The van der Waals surface area contributed by atoms with E-state index in [0.29, 0.717) is 12.0 Å². The molecule has 1 fully saturated rings. The Morgan fingerprint density at radius 2 is 2.06 bits per heavy atom. The molecule has 0 aliphatic carbocycles. The smallest absolute Gasteiger partial charge is 0.239 e. The van der Waals surface area contributed by atoms with E-state index >= 15 is 0 Å². The Kier molecular flexibility index (Phi) is 6.69. The Balaban J connectivity index is 2.55. The summed E-state index contributed by atoms with van der Waals surface area (Å²) in [5.74, 6) is 0.901. The third-order valence-corrected chi connectivity index (χ3v) is 3.90. The summed E-state index contributed by atoms with van der Waals surface area (Å²) in [4.78, 5) is 14.4. The number of carbonyl (C=O) groups is 1. The molecule has 0 aromatic rings. The molecular formula is C15H30N2O. The lowest BCUT2D eigenvalue weighted by atomic mass is 9.94. The molecule has 1 amide bonds. The first-order valence-electron chi connectivity index (χ1n) is 7.62. The Hall–Kier alpha value is -0.570. The molecular weight excluding hydrogens is 224 g/mol. The number of hydrogen-bond donors (Lipinski definition) is 1. The molecule has 0 aromatic heterocycles. The van der Waals surface area contributed by atoms with Crippen LogP contribution in [0.4, 0.5) is 0 Å². The average Bonchev–Trinajstić information content (AvgIpc) is 2.36. The van der Waals surface area contributed by atoms with Crippen LogP contribution in [-0.2, 0) is 4.79 Å². The number of likely N-dealkylation sites (tertiary alicyclic amines) is 1. The molecule has 2 unspecified atom stereocenters. The molecule has 0 radical (unpaired) electrons. The minimum Gasteiger partial charge on any atom is -0.338 e. The number of rotatable bonds is 6. The number of nitrogens with zero attached hydrogens (tertiary/aromatic N) is 1. The van der Waals surface area contributed by atoms with Gasteiger partial charge in [0, 0.05) is 12.6 Å². The molecule has 2 N–H and O–H groups in total.